The minimum atomic E-state index is -0.406. The minimum Gasteiger partial charge on any atom is -0.482 e. The molecule has 39 heavy (non-hydrogen) atoms. The standard InChI is InChI=1S/C32H51NO6/c1-6-7-8-13-25(39-32(36)28-14-9-10-18-33(28)4)16-17-26-23(3)24(20-29(26)34)19-27-22(2)12-11-15-30(27)38-21-31(35)37-5/h11-12,15,23-26,28-29,34H,6-10,13-14,16-21H2,1-5H3/t23-,24-,25-,26+,28?,29+/m0/s1. The maximum Gasteiger partial charge on any atom is 0.343 e. The zero-order valence-corrected chi connectivity index (χ0v) is 24.8. The first-order chi connectivity index (χ1) is 18.7. The van der Waals surface area contributed by atoms with Crippen LogP contribution in [0.5, 0.6) is 5.75 Å². The maximum atomic E-state index is 13.1. The SMILES string of the molecule is CCCCC[C@@H](CC[C@@H]1[C@@H](C)[C@@H](Cc2c(C)cccc2OCC(=O)OC)C[C@H]1O)OC(=O)C1CCCCN1C. The third-order valence-electron chi connectivity index (χ3n) is 9.14. The summed E-state index contributed by atoms with van der Waals surface area (Å²) in [5.74, 6) is 1.03. The van der Waals surface area contributed by atoms with Crippen molar-refractivity contribution in [3.63, 3.8) is 0 Å². The van der Waals surface area contributed by atoms with Gasteiger partial charge in [-0.25, -0.2) is 4.79 Å². The smallest absolute Gasteiger partial charge is 0.343 e. The van der Waals surface area contributed by atoms with Crippen LogP contribution in [-0.2, 0) is 25.5 Å². The second-order valence-corrected chi connectivity index (χ2v) is 11.8. The van der Waals surface area contributed by atoms with E-state index in [0.29, 0.717) is 17.6 Å². The first-order valence-corrected chi connectivity index (χ1v) is 15.1. The van der Waals surface area contributed by atoms with Crippen LogP contribution in [0.3, 0.4) is 0 Å². The largest absolute Gasteiger partial charge is 0.482 e. The molecular weight excluding hydrogens is 494 g/mol. The van der Waals surface area contributed by atoms with E-state index < -0.39 is 5.97 Å². The number of ether oxygens (including phenoxy) is 3. The molecule has 1 aromatic rings. The van der Waals surface area contributed by atoms with Crippen LogP contribution in [0.15, 0.2) is 18.2 Å². The number of aliphatic hydroxyl groups excluding tert-OH is 1. The molecule has 1 aliphatic heterocycles. The number of carbonyl (C=O) groups is 2. The summed E-state index contributed by atoms with van der Waals surface area (Å²) in [6, 6.07) is 5.77. The fourth-order valence-electron chi connectivity index (χ4n) is 6.53. The van der Waals surface area contributed by atoms with Crippen molar-refractivity contribution in [3.8, 4) is 5.75 Å². The van der Waals surface area contributed by atoms with Crippen LogP contribution >= 0.6 is 0 Å². The predicted molar refractivity (Wildman–Crippen MR) is 153 cm³/mol. The molecule has 0 spiro atoms. The second kappa shape index (κ2) is 15.6. The molecule has 2 fully saturated rings. The lowest BCUT2D eigenvalue weighted by Gasteiger charge is -2.32. The van der Waals surface area contributed by atoms with Crippen LogP contribution in [0.2, 0.25) is 0 Å². The molecule has 0 amide bonds. The van der Waals surface area contributed by atoms with E-state index in [1.54, 1.807) is 0 Å². The summed E-state index contributed by atoms with van der Waals surface area (Å²) in [4.78, 5) is 26.8. The zero-order valence-electron chi connectivity index (χ0n) is 24.8. The Labute approximate surface area is 235 Å². The summed E-state index contributed by atoms with van der Waals surface area (Å²) in [7, 11) is 3.38. The number of nitrogens with zero attached hydrogens (tertiary/aromatic N) is 1. The van der Waals surface area contributed by atoms with Gasteiger partial charge in [-0.15, -0.1) is 0 Å². The quantitative estimate of drug-likeness (QED) is 0.245. The highest BCUT2D eigenvalue weighted by Gasteiger charge is 2.40. The fourth-order valence-corrected chi connectivity index (χ4v) is 6.53. The molecule has 1 saturated carbocycles. The zero-order chi connectivity index (χ0) is 28.4. The molecule has 3 rings (SSSR count). The molecule has 7 nitrogen and oxygen atoms in total. The number of methoxy groups -OCH3 is 1. The van der Waals surface area contributed by atoms with Crippen LogP contribution < -0.4 is 4.74 Å². The van der Waals surface area contributed by atoms with Gasteiger partial charge in [-0.3, -0.25) is 9.69 Å². The van der Waals surface area contributed by atoms with Crippen molar-refractivity contribution in [2.24, 2.45) is 17.8 Å². The van der Waals surface area contributed by atoms with E-state index in [0.717, 1.165) is 88.3 Å². The van der Waals surface area contributed by atoms with Crippen LogP contribution in [-0.4, -0.2) is 67.5 Å². The number of piperidine rings is 1. The van der Waals surface area contributed by atoms with Gasteiger partial charge in [0.1, 0.15) is 17.9 Å². The molecule has 1 saturated heterocycles. The highest BCUT2D eigenvalue weighted by Crippen LogP contribution is 2.43. The maximum absolute atomic E-state index is 13.1. The fraction of sp³-hybridized carbons (Fsp3) is 0.750. The molecule has 0 radical (unpaired) electrons. The van der Waals surface area contributed by atoms with Crippen molar-refractivity contribution in [1.29, 1.82) is 0 Å². The summed E-state index contributed by atoms with van der Waals surface area (Å²) < 4.78 is 16.7. The van der Waals surface area contributed by atoms with E-state index in [1.807, 2.05) is 19.2 Å². The van der Waals surface area contributed by atoms with E-state index in [-0.39, 0.29) is 36.7 Å². The first-order valence-electron chi connectivity index (χ1n) is 15.1. The number of rotatable bonds is 14. The van der Waals surface area contributed by atoms with E-state index >= 15 is 0 Å². The summed E-state index contributed by atoms with van der Waals surface area (Å²) in [5, 5.41) is 11.1. The Kier molecular flexibility index (Phi) is 12.6. The van der Waals surface area contributed by atoms with Gasteiger partial charge in [-0.1, -0.05) is 45.2 Å². The van der Waals surface area contributed by atoms with Gasteiger partial charge < -0.3 is 19.3 Å². The van der Waals surface area contributed by atoms with Gasteiger partial charge in [0.05, 0.1) is 13.2 Å². The van der Waals surface area contributed by atoms with E-state index in [4.69, 9.17) is 14.2 Å². The second-order valence-electron chi connectivity index (χ2n) is 11.8. The Hall–Kier alpha value is -2.12. The molecule has 0 bridgehead atoms. The summed E-state index contributed by atoms with van der Waals surface area (Å²) >= 11 is 0. The molecule has 7 heteroatoms. The number of hydrogen-bond donors (Lipinski definition) is 1. The molecule has 220 valence electrons. The van der Waals surface area contributed by atoms with E-state index in [1.165, 1.54) is 7.11 Å². The van der Waals surface area contributed by atoms with Crippen molar-refractivity contribution in [3.05, 3.63) is 29.3 Å². The third-order valence-corrected chi connectivity index (χ3v) is 9.14. The van der Waals surface area contributed by atoms with E-state index in [9.17, 15) is 14.7 Å². The van der Waals surface area contributed by atoms with Gasteiger partial charge in [0.2, 0.25) is 0 Å². The Morgan fingerprint density at radius 3 is 2.69 bits per heavy atom. The number of esters is 2. The van der Waals surface area contributed by atoms with Crippen LogP contribution in [0.25, 0.3) is 0 Å². The minimum absolute atomic E-state index is 0.0735. The Bertz CT molecular complexity index is 920. The summed E-state index contributed by atoms with van der Waals surface area (Å²) in [5.41, 5.74) is 2.21. The van der Waals surface area contributed by atoms with Crippen LogP contribution in [0.4, 0.5) is 0 Å². The van der Waals surface area contributed by atoms with Crippen molar-refractivity contribution in [1.82, 2.24) is 4.90 Å². The molecular formula is C32H51NO6. The van der Waals surface area contributed by atoms with Crippen molar-refractivity contribution in [2.75, 3.05) is 27.3 Å². The average molecular weight is 546 g/mol. The lowest BCUT2D eigenvalue weighted by molar-refractivity contribution is -0.157. The van der Waals surface area contributed by atoms with Gasteiger partial charge in [0.25, 0.3) is 0 Å². The van der Waals surface area contributed by atoms with E-state index in [2.05, 4.69) is 31.7 Å². The highest BCUT2D eigenvalue weighted by atomic mass is 16.6. The number of likely N-dealkylation sites (N-methyl/N-ethyl adjacent to an activating group) is 1. The summed E-state index contributed by atoms with van der Waals surface area (Å²) in [6.45, 7) is 7.33. The lowest BCUT2D eigenvalue weighted by Crippen LogP contribution is -2.44. The first kappa shape index (κ1) is 31.4. The molecule has 2 aliphatic rings. The predicted octanol–water partition coefficient (Wildman–Crippen LogP) is 5.48. The number of carbonyl (C=O) groups excluding carboxylic acids is 2. The number of likely N-dealkylation sites (tertiary alicyclic amines) is 1. The molecule has 1 aromatic carbocycles. The number of aryl methyl sites for hydroxylation is 1. The van der Waals surface area contributed by atoms with Crippen molar-refractivity contribution in [2.45, 2.75) is 110 Å². The molecule has 1 N–H and O–H groups in total. The van der Waals surface area contributed by atoms with Crippen LogP contribution in [0.1, 0.15) is 89.2 Å². The number of hydrogen-bond acceptors (Lipinski definition) is 7. The molecule has 1 aliphatic carbocycles. The molecule has 0 aromatic heterocycles. The van der Waals surface area contributed by atoms with Crippen LogP contribution in [0, 0.1) is 24.7 Å². The highest BCUT2D eigenvalue weighted by molar-refractivity contribution is 5.76. The van der Waals surface area contributed by atoms with Gasteiger partial charge in [-0.05, 0) is 107 Å². The van der Waals surface area contributed by atoms with Gasteiger partial charge in [0.15, 0.2) is 6.61 Å². The average Bonchev–Trinajstić information content (AvgIpc) is 3.19. The topological polar surface area (TPSA) is 85.3 Å². The third kappa shape index (κ3) is 8.94. The molecule has 1 unspecified atom stereocenters. The monoisotopic (exact) mass is 545 g/mol. The number of aliphatic hydroxyl groups is 1. The Balaban J connectivity index is 1.62. The van der Waals surface area contributed by atoms with Gasteiger partial charge in [-0.2, -0.15) is 0 Å². The number of unbranched alkanes of at least 4 members (excludes halogenated alkanes) is 2. The van der Waals surface area contributed by atoms with Crippen molar-refractivity contribution >= 4 is 11.9 Å². The van der Waals surface area contributed by atoms with Gasteiger partial charge >= 0.3 is 11.9 Å². The number of benzene rings is 1. The van der Waals surface area contributed by atoms with Crippen molar-refractivity contribution < 1.29 is 28.9 Å². The van der Waals surface area contributed by atoms with Gasteiger partial charge in [0, 0.05) is 0 Å². The molecule has 1 heterocycles. The Morgan fingerprint density at radius 1 is 1.18 bits per heavy atom. The summed E-state index contributed by atoms with van der Waals surface area (Å²) in [6.07, 6.45) is 10.0. The lowest BCUT2D eigenvalue weighted by atomic mass is 9.83. The molecule has 6 atom stereocenters. The normalized spacial score (nSPS) is 26.3. The Morgan fingerprint density at radius 2 is 1.97 bits per heavy atom.